The minimum atomic E-state index is -5.01. The van der Waals surface area contributed by atoms with Crippen LogP contribution in [0.3, 0.4) is 0 Å². The molecule has 0 radical (unpaired) electrons. The smallest absolute Gasteiger partial charge is 0.352 e. The molecule has 2 rings (SSSR count). The number of carbonyl (C=O) groups is 2. The van der Waals surface area contributed by atoms with E-state index in [9.17, 15) is 35.9 Å². The molecular formula is C18H21F6N3O2. The monoisotopic (exact) mass is 425 g/mol. The van der Waals surface area contributed by atoms with Crippen LogP contribution in [0.1, 0.15) is 34.3 Å². The maximum absolute atomic E-state index is 12.9. The van der Waals surface area contributed by atoms with E-state index in [4.69, 9.17) is 0 Å². The molecule has 1 N–H and O–H groups in total. The number of hydrogen-bond acceptors (Lipinski definition) is 2. The zero-order valence-corrected chi connectivity index (χ0v) is 15.8. The molecule has 1 aromatic carbocycles. The predicted octanol–water partition coefficient (Wildman–Crippen LogP) is 3.85. The largest absolute Gasteiger partial charge is 0.416 e. The summed E-state index contributed by atoms with van der Waals surface area (Å²) in [4.78, 5) is 27.1. The van der Waals surface area contributed by atoms with Crippen molar-refractivity contribution in [2.24, 2.45) is 5.92 Å². The first kappa shape index (κ1) is 22.8. The van der Waals surface area contributed by atoms with E-state index in [1.54, 1.807) is 19.0 Å². The molecule has 1 saturated heterocycles. The van der Waals surface area contributed by atoms with E-state index in [0.29, 0.717) is 38.1 Å². The average Bonchev–Trinajstić information content (AvgIpc) is 2.64. The van der Waals surface area contributed by atoms with Gasteiger partial charge in [0.1, 0.15) is 0 Å². The minimum absolute atomic E-state index is 0.0196. The lowest BCUT2D eigenvalue weighted by atomic mass is 9.96. The van der Waals surface area contributed by atoms with E-state index < -0.39 is 35.0 Å². The first-order valence-electron chi connectivity index (χ1n) is 8.83. The summed E-state index contributed by atoms with van der Waals surface area (Å²) in [5, 5.41) is 2.41. The van der Waals surface area contributed by atoms with Crippen LogP contribution < -0.4 is 5.32 Å². The zero-order valence-electron chi connectivity index (χ0n) is 15.8. The Morgan fingerprint density at radius 2 is 1.48 bits per heavy atom. The van der Waals surface area contributed by atoms with Gasteiger partial charge in [0.25, 0.3) is 5.91 Å². The molecular weight excluding hydrogens is 404 g/mol. The normalized spacial score (nSPS) is 15.9. The van der Waals surface area contributed by atoms with Gasteiger partial charge in [0.15, 0.2) is 0 Å². The molecule has 0 unspecified atom stereocenters. The highest BCUT2D eigenvalue weighted by molar-refractivity contribution is 5.94. The molecule has 3 amide bonds. The summed E-state index contributed by atoms with van der Waals surface area (Å²) in [6.45, 7) is 1.01. The Hall–Kier alpha value is -2.46. The number of halogens is 6. The second-order valence-electron chi connectivity index (χ2n) is 7.11. The van der Waals surface area contributed by atoms with Gasteiger partial charge in [0.05, 0.1) is 11.1 Å². The summed E-state index contributed by atoms with van der Waals surface area (Å²) in [6.07, 6.45) is -8.89. The molecule has 1 aromatic rings. The van der Waals surface area contributed by atoms with E-state index >= 15 is 0 Å². The number of alkyl halides is 6. The summed E-state index contributed by atoms with van der Waals surface area (Å²) in [5.74, 6) is -1.04. The highest BCUT2D eigenvalue weighted by Gasteiger charge is 2.37. The van der Waals surface area contributed by atoms with Crippen molar-refractivity contribution in [2.75, 3.05) is 33.7 Å². The number of urea groups is 1. The first-order valence-corrected chi connectivity index (χ1v) is 8.83. The van der Waals surface area contributed by atoms with Crippen LogP contribution in [-0.2, 0) is 12.4 Å². The molecule has 0 spiro atoms. The molecule has 29 heavy (non-hydrogen) atoms. The number of carbonyl (C=O) groups excluding carboxylic acids is 2. The number of likely N-dealkylation sites (tertiary alicyclic amines) is 1. The summed E-state index contributed by atoms with van der Waals surface area (Å²) in [6, 6.07) is 0.649. The first-order chi connectivity index (χ1) is 13.3. The van der Waals surface area contributed by atoms with Crippen LogP contribution in [0, 0.1) is 5.92 Å². The van der Waals surface area contributed by atoms with Crippen LogP contribution in [0.15, 0.2) is 18.2 Å². The van der Waals surface area contributed by atoms with Gasteiger partial charge in [-0.25, -0.2) is 4.79 Å². The fourth-order valence-electron chi connectivity index (χ4n) is 3.04. The maximum Gasteiger partial charge on any atom is 0.416 e. The maximum atomic E-state index is 12.9. The Morgan fingerprint density at radius 1 is 1.00 bits per heavy atom. The van der Waals surface area contributed by atoms with E-state index in [0.717, 1.165) is 0 Å². The Kier molecular flexibility index (Phi) is 6.69. The molecule has 0 bridgehead atoms. The van der Waals surface area contributed by atoms with Crippen molar-refractivity contribution in [2.45, 2.75) is 25.2 Å². The fourth-order valence-corrected chi connectivity index (χ4v) is 3.04. The average molecular weight is 425 g/mol. The molecule has 1 fully saturated rings. The Balaban J connectivity index is 2.03. The molecule has 1 heterocycles. The summed E-state index contributed by atoms with van der Waals surface area (Å²) in [7, 11) is 3.25. The van der Waals surface area contributed by atoms with Crippen LogP contribution in [0.4, 0.5) is 31.1 Å². The van der Waals surface area contributed by atoms with Gasteiger partial charge in [-0.1, -0.05) is 0 Å². The van der Waals surface area contributed by atoms with Gasteiger partial charge in [0.2, 0.25) is 0 Å². The summed E-state index contributed by atoms with van der Waals surface area (Å²) < 4.78 is 77.4. The van der Waals surface area contributed by atoms with Gasteiger partial charge in [-0.15, -0.1) is 0 Å². The number of piperidine rings is 1. The molecule has 0 atom stereocenters. The quantitative estimate of drug-likeness (QED) is 0.749. The second kappa shape index (κ2) is 8.50. The van der Waals surface area contributed by atoms with Crippen molar-refractivity contribution in [3.05, 3.63) is 34.9 Å². The zero-order chi connectivity index (χ0) is 22.0. The van der Waals surface area contributed by atoms with Crippen molar-refractivity contribution in [3.8, 4) is 0 Å². The Labute approximate surface area is 163 Å². The lowest BCUT2D eigenvalue weighted by Crippen LogP contribution is -2.45. The van der Waals surface area contributed by atoms with Crippen molar-refractivity contribution in [1.82, 2.24) is 15.1 Å². The van der Waals surface area contributed by atoms with Gasteiger partial charge < -0.3 is 15.1 Å². The third kappa shape index (κ3) is 6.01. The Morgan fingerprint density at radius 3 is 1.90 bits per heavy atom. The lowest BCUT2D eigenvalue weighted by molar-refractivity contribution is -0.143. The number of nitrogens with one attached hydrogen (secondary N) is 1. The van der Waals surface area contributed by atoms with E-state index in [2.05, 4.69) is 5.32 Å². The molecule has 0 saturated carbocycles. The van der Waals surface area contributed by atoms with Crippen molar-refractivity contribution in [1.29, 1.82) is 0 Å². The molecule has 0 aromatic heterocycles. The lowest BCUT2D eigenvalue weighted by Gasteiger charge is -2.33. The van der Waals surface area contributed by atoms with Crippen LogP contribution in [-0.4, -0.2) is 55.5 Å². The third-order valence-electron chi connectivity index (χ3n) is 4.67. The number of hydrogen-bond donors (Lipinski definition) is 1. The van der Waals surface area contributed by atoms with E-state index in [1.807, 2.05) is 0 Å². The summed E-state index contributed by atoms with van der Waals surface area (Å²) >= 11 is 0. The molecule has 1 aliphatic heterocycles. The van der Waals surface area contributed by atoms with Crippen LogP contribution in [0.25, 0.3) is 0 Å². The number of rotatable bonds is 3. The van der Waals surface area contributed by atoms with E-state index in [-0.39, 0.29) is 24.6 Å². The standard InChI is InChI=1S/C18H21F6N3O2/c1-26(2)16(29)27-5-3-11(4-6-27)10-25-15(28)12-7-13(17(19,20)21)9-14(8-12)18(22,23)24/h7-9,11H,3-6,10H2,1-2H3,(H,25,28). The van der Waals surface area contributed by atoms with Crippen molar-refractivity contribution in [3.63, 3.8) is 0 Å². The predicted molar refractivity (Wildman–Crippen MR) is 92.2 cm³/mol. The second-order valence-corrected chi connectivity index (χ2v) is 7.11. The molecule has 11 heteroatoms. The topological polar surface area (TPSA) is 52.7 Å². The van der Waals surface area contributed by atoms with Crippen LogP contribution in [0.5, 0.6) is 0 Å². The SMILES string of the molecule is CN(C)C(=O)N1CCC(CNC(=O)c2cc(C(F)(F)F)cc(C(F)(F)F)c2)CC1. The van der Waals surface area contributed by atoms with E-state index in [1.165, 1.54) is 4.90 Å². The van der Waals surface area contributed by atoms with Crippen molar-refractivity contribution >= 4 is 11.9 Å². The Bertz CT molecular complexity index is 721. The molecule has 5 nitrogen and oxygen atoms in total. The van der Waals surface area contributed by atoms with Gasteiger partial charge >= 0.3 is 18.4 Å². The molecule has 1 aliphatic rings. The highest BCUT2D eigenvalue weighted by Crippen LogP contribution is 2.36. The fraction of sp³-hybridized carbons (Fsp3) is 0.556. The minimum Gasteiger partial charge on any atom is -0.352 e. The third-order valence-corrected chi connectivity index (χ3v) is 4.67. The number of benzene rings is 1. The van der Waals surface area contributed by atoms with Gasteiger partial charge in [-0.3, -0.25) is 4.79 Å². The van der Waals surface area contributed by atoms with Crippen molar-refractivity contribution < 1.29 is 35.9 Å². The molecule has 162 valence electrons. The van der Waals surface area contributed by atoms with Gasteiger partial charge in [-0.05, 0) is 37.0 Å². The van der Waals surface area contributed by atoms with Crippen LogP contribution >= 0.6 is 0 Å². The summed E-state index contributed by atoms with van der Waals surface area (Å²) in [5.41, 5.74) is -3.77. The molecule has 0 aliphatic carbocycles. The highest BCUT2D eigenvalue weighted by atomic mass is 19.4. The van der Waals surface area contributed by atoms with Gasteiger partial charge in [-0.2, -0.15) is 26.3 Å². The van der Waals surface area contributed by atoms with Crippen LogP contribution in [0.2, 0.25) is 0 Å². The number of amides is 3. The number of nitrogens with zero attached hydrogens (tertiary/aromatic N) is 2. The van der Waals surface area contributed by atoms with Gasteiger partial charge in [0, 0.05) is 39.3 Å².